The maximum Gasteiger partial charge on any atom is 0.213 e. The van der Waals surface area contributed by atoms with Gasteiger partial charge in [0.25, 0.3) is 0 Å². The summed E-state index contributed by atoms with van der Waals surface area (Å²) in [6.45, 7) is 11.1. The Hall–Kier alpha value is -3.52. The molecule has 7 nitrogen and oxygen atoms in total. The molecule has 1 atom stereocenters. The SMILES string of the molecule is CC.CC(C)(C)COc1cc2c(cn1)Oc1ccc(-c3cncc(F)c3)cc1C2COCC(=N)N. The normalized spacial score (nSPS) is 14.1. The molecule has 0 bridgehead atoms. The fourth-order valence-corrected chi connectivity index (χ4v) is 3.58. The van der Waals surface area contributed by atoms with Crippen molar-refractivity contribution in [3.05, 3.63) is 65.9 Å². The number of ether oxygens (including phenoxy) is 3. The van der Waals surface area contributed by atoms with Crippen LogP contribution >= 0.6 is 0 Å². The van der Waals surface area contributed by atoms with E-state index in [9.17, 15) is 4.39 Å². The topological polar surface area (TPSA) is 103 Å². The quantitative estimate of drug-likeness (QED) is 0.321. The number of amidine groups is 1. The fourth-order valence-electron chi connectivity index (χ4n) is 3.58. The molecule has 0 spiro atoms. The number of nitrogens with zero attached hydrogens (tertiary/aromatic N) is 2. The summed E-state index contributed by atoms with van der Waals surface area (Å²) < 4.78 is 31.5. The molecule has 1 unspecified atom stereocenters. The lowest BCUT2D eigenvalue weighted by Gasteiger charge is -2.29. The molecule has 2 aromatic heterocycles. The van der Waals surface area contributed by atoms with Gasteiger partial charge in [-0.25, -0.2) is 9.37 Å². The Kier molecular flexibility index (Phi) is 8.40. The smallest absolute Gasteiger partial charge is 0.213 e. The molecule has 3 aromatic rings. The van der Waals surface area contributed by atoms with Crippen molar-refractivity contribution in [3.8, 4) is 28.5 Å². The summed E-state index contributed by atoms with van der Waals surface area (Å²) in [5.41, 5.74) is 8.67. The largest absolute Gasteiger partial charge is 0.477 e. The monoisotopic (exact) mass is 480 g/mol. The summed E-state index contributed by atoms with van der Waals surface area (Å²) >= 11 is 0. The first-order chi connectivity index (χ1) is 16.7. The third-order valence-corrected chi connectivity index (χ3v) is 5.09. The van der Waals surface area contributed by atoms with E-state index < -0.39 is 5.82 Å². The van der Waals surface area contributed by atoms with E-state index in [0.717, 1.165) is 16.7 Å². The highest BCUT2D eigenvalue weighted by molar-refractivity contribution is 5.78. The molecule has 3 heterocycles. The number of pyridine rings is 2. The summed E-state index contributed by atoms with van der Waals surface area (Å²) in [7, 11) is 0. The highest BCUT2D eigenvalue weighted by atomic mass is 19.1. The number of benzene rings is 1. The molecule has 1 aliphatic rings. The molecule has 4 rings (SSSR count). The van der Waals surface area contributed by atoms with Gasteiger partial charge in [0.1, 0.15) is 29.8 Å². The van der Waals surface area contributed by atoms with Crippen LogP contribution in [0.15, 0.2) is 48.9 Å². The number of nitrogens with one attached hydrogen (secondary N) is 1. The van der Waals surface area contributed by atoms with E-state index in [1.54, 1.807) is 12.4 Å². The minimum Gasteiger partial charge on any atom is -0.477 e. The summed E-state index contributed by atoms with van der Waals surface area (Å²) in [6, 6.07) is 8.97. The van der Waals surface area contributed by atoms with Gasteiger partial charge in [-0.2, -0.15) is 0 Å². The Morgan fingerprint density at radius 1 is 1.06 bits per heavy atom. The van der Waals surface area contributed by atoms with Crippen LogP contribution in [0.2, 0.25) is 0 Å². The second kappa shape index (κ2) is 11.3. The maximum atomic E-state index is 13.7. The molecule has 0 saturated heterocycles. The lowest BCUT2D eigenvalue weighted by atomic mass is 9.87. The summed E-state index contributed by atoms with van der Waals surface area (Å²) in [6.07, 6.45) is 4.44. The van der Waals surface area contributed by atoms with Gasteiger partial charge < -0.3 is 19.9 Å². The van der Waals surface area contributed by atoms with Gasteiger partial charge in [0.05, 0.1) is 25.6 Å². The number of hydrogen-bond donors (Lipinski definition) is 2. The summed E-state index contributed by atoms with van der Waals surface area (Å²) in [4.78, 5) is 8.35. The molecule has 0 saturated carbocycles. The number of hydrogen-bond acceptors (Lipinski definition) is 6. The van der Waals surface area contributed by atoms with Gasteiger partial charge in [-0.3, -0.25) is 10.4 Å². The molecule has 35 heavy (non-hydrogen) atoms. The van der Waals surface area contributed by atoms with E-state index in [1.165, 1.54) is 12.3 Å². The van der Waals surface area contributed by atoms with Gasteiger partial charge in [-0.15, -0.1) is 0 Å². The van der Waals surface area contributed by atoms with Crippen molar-refractivity contribution in [2.45, 2.75) is 40.5 Å². The molecule has 3 N–H and O–H groups in total. The summed E-state index contributed by atoms with van der Waals surface area (Å²) in [5, 5.41) is 7.47. The predicted octanol–water partition coefficient (Wildman–Crippen LogP) is 5.92. The maximum absolute atomic E-state index is 13.7. The van der Waals surface area contributed by atoms with Crippen LogP contribution in [0.5, 0.6) is 17.4 Å². The lowest BCUT2D eigenvalue weighted by molar-refractivity contribution is 0.158. The highest BCUT2D eigenvalue weighted by Crippen LogP contribution is 2.46. The average Bonchev–Trinajstić information content (AvgIpc) is 2.82. The molecule has 1 aromatic carbocycles. The first-order valence-corrected chi connectivity index (χ1v) is 11.7. The van der Waals surface area contributed by atoms with Crippen molar-refractivity contribution < 1.29 is 18.6 Å². The third-order valence-electron chi connectivity index (χ3n) is 5.09. The van der Waals surface area contributed by atoms with Crippen molar-refractivity contribution in [1.29, 1.82) is 5.41 Å². The summed E-state index contributed by atoms with van der Waals surface area (Å²) in [5.74, 6) is 1.10. The van der Waals surface area contributed by atoms with Crippen LogP contribution in [0.4, 0.5) is 4.39 Å². The zero-order chi connectivity index (χ0) is 25.6. The second-order valence-electron chi connectivity index (χ2n) is 9.25. The minimum atomic E-state index is -0.403. The first kappa shape index (κ1) is 26.1. The van der Waals surface area contributed by atoms with Crippen LogP contribution in [0, 0.1) is 16.6 Å². The Balaban J connectivity index is 0.00000167. The van der Waals surface area contributed by atoms with E-state index in [1.807, 2.05) is 38.1 Å². The van der Waals surface area contributed by atoms with Crippen LogP contribution in [0.3, 0.4) is 0 Å². The van der Waals surface area contributed by atoms with Gasteiger partial charge >= 0.3 is 0 Å². The average molecular weight is 481 g/mol. The minimum absolute atomic E-state index is 0.0153. The van der Waals surface area contributed by atoms with E-state index in [0.29, 0.717) is 29.5 Å². The Morgan fingerprint density at radius 3 is 2.49 bits per heavy atom. The van der Waals surface area contributed by atoms with E-state index >= 15 is 0 Å². The number of rotatable bonds is 7. The number of nitrogens with two attached hydrogens (primary N) is 1. The van der Waals surface area contributed by atoms with E-state index in [4.69, 9.17) is 25.4 Å². The fraction of sp³-hybridized carbons (Fsp3) is 0.370. The molecular formula is C27H33FN4O3. The predicted molar refractivity (Wildman–Crippen MR) is 135 cm³/mol. The third kappa shape index (κ3) is 6.76. The van der Waals surface area contributed by atoms with E-state index in [2.05, 4.69) is 30.7 Å². The molecule has 0 fully saturated rings. The van der Waals surface area contributed by atoms with Crippen molar-refractivity contribution in [2.24, 2.45) is 11.1 Å². The number of fused-ring (bicyclic) bond motifs is 2. The van der Waals surface area contributed by atoms with Crippen LogP contribution in [0.1, 0.15) is 51.7 Å². The molecule has 1 aliphatic heterocycles. The number of aromatic nitrogens is 2. The Bertz CT molecular complexity index is 1180. The van der Waals surface area contributed by atoms with Crippen LogP contribution < -0.4 is 15.2 Å². The molecular weight excluding hydrogens is 447 g/mol. The highest BCUT2D eigenvalue weighted by Gasteiger charge is 2.29. The molecule has 0 amide bonds. The van der Waals surface area contributed by atoms with Crippen LogP contribution in [0.25, 0.3) is 11.1 Å². The standard InChI is InChI=1S/C25H27FN4O3.C2H6/c1-25(2,3)14-32-24-8-19-20(12-31-13-23(27)28)18-7-15(16-6-17(26)10-29-9-16)4-5-21(18)33-22(19)11-30-24;1-2/h4-11,20H,12-14H2,1-3H3,(H3,27,28);1-2H3. The number of halogens is 1. The van der Waals surface area contributed by atoms with Gasteiger partial charge in [0, 0.05) is 34.9 Å². The van der Waals surface area contributed by atoms with Crippen molar-refractivity contribution in [1.82, 2.24) is 9.97 Å². The zero-order valence-electron chi connectivity index (χ0n) is 20.9. The van der Waals surface area contributed by atoms with Gasteiger partial charge in [0.2, 0.25) is 5.88 Å². The zero-order valence-corrected chi connectivity index (χ0v) is 20.9. The van der Waals surface area contributed by atoms with Crippen molar-refractivity contribution >= 4 is 5.84 Å². The molecule has 0 radical (unpaired) electrons. The second-order valence-corrected chi connectivity index (χ2v) is 9.25. The Morgan fingerprint density at radius 2 is 1.80 bits per heavy atom. The van der Waals surface area contributed by atoms with Crippen molar-refractivity contribution in [2.75, 3.05) is 19.8 Å². The molecule has 0 aliphatic carbocycles. The van der Waals surface area contributed by atoms with Crippen LogP contribution in [-0.2, 0) is 4.74 Å². The van der Waals surface area contributed by atoms with Gasteiger partial charge in [-0.1, -0.05) is 40.7 Å². The van der Waals surface area contributed by atoms with Crippen LogP contribution in [-0.4, -0.2) is 35.6 Å². The van der Waals surface area contributed by atoms with Gasteiger partial charge in [-0.05, 0) is 29.2 Å². The van der Waals surface area contributed by atoms with Gasteiger partial charge in [0.15, 0.2) is 0 Å². The first-order valence-electron chi connectivity index (χ1n) is 11.7. The molecule has 186 valence electrons. The van der Waals surface area contributed by atoms with Crippen molar-refractivity contribution in [3.63, 3.8) is 0 Å². The molecule has 8 heteroatoms. The lowest BCUT2D eigenvalue weighted by Crippen LogP contribution is -2.22. The van der Waals surface area contributed by atoms with E-state index in [-0.39, 0.29) is 30.4 Å². The Labute approximate surface area is 206 Å².